The van der Waals surface area contributed by atoms with Crippen LogP contribution in [0.2, 0.25) is 10.0 Å². The Morgan fingerprint density at radius 2 is 1.75 bits per heavy atom. The fraction of sp³-hybridized carbons (Fsp3) is 0.0556. The molecule has 0 saturated carbocycles. The first-order valence-corrected chi connectivity index (χ1v) is 10.9. The van der Waals surface area contributed by atoms with Gasteiger partial charge in [-0.2, -0.15) is 0 Å². The van der Waals surface area contributed by atoms with E-state index in [4.69, 9.17) is 41.2 Å². The molecule has 5 nitrogen and oxygen atoms in total. The van der Waals surface area contributed by atoms with Gasteiger partial charge in [0.05, 0.1) is 17.1 Å². The number of benzene rings is 2. The fourth-order valence-corrected chi connectivity index (χ4v) is 4.23. The third-order valence-electron chi connectivity index (χ3n) is 3.49. The Labute approximate surface area is 185 Å². The van der Waals surface area contributed by atoms with Gasteiger partial charge in [0.1, 0.15) is 0 Å². The van der Waals surface area contributed by atoms with E-state index in [9.17, 15) is 4.79 Å². The number of carbonyl (C=O) groups excluding carboxylic acids is 1. The van der Waals surface area contributed by atoms with Gasteiger partial charge in [-0.25, -0.2) is 9.99 Å². The number of halogens is 2. The van der Waals surface area contributed by atoms with Crippen molar-refractivity contribution in [3.63, 3.8) is 0 Å². The molecule has 1 amide bonds. The van der Waals surface area contributed by atoms with Crippen molar-refractivity contribution in [3.05, 3.63) is 64.0 Å². The molecule has 0 bridgehead atoms. The first-order chi connectivity index (χ1) is 13.4. The van der Waals surface area contributed by atoms with E-state index in [1.54, 1.807) is 24.3 Å². The summed E-state index contributed by atoms with van der Waals surface area (Å²) < 4.78 is 0.786. The monoisotopic (exact) mass is 468 g/mol. The summed E-state index contributed by atoms with van der Waals surface area (Å²) in [5.41, 5.74) is 10.9. The molecule has 10 heteroatoms. The minimum absolute atomic E-state index is 0.0277. The second-order valence-corrected chi connectivity index (χ2v) is 8.85. The maximum Gasteiger partial charge on any atom is 0.249 e. The first-order valence-electron chi connectivity index (χ1n) is 7.91. The molecule has 0 aliphatic heterocycles. The van der Waals surface area contributed by atoms with E-state index >= 15 is 0 Å². The van der Waals surface area contributed by atoms with Crippen molar-refractivity contribution in [2.75, 3.05) is 10.8 Å². The largest absolute Gasteiger partial charge is 0.374 e. The highest BCUT2D eigenvalue weighted by molar-refractivity contribution is 8.01. The number of rotatable bonds is 5. The van der Waals surface area contributed by atoms with E-state index in [-0.39, 0.29) is 16.8 Å². The van der Waals surface area contributed by atoms with E-state index in [0.717, 1.165) is 15.6 Å². The minimum atomic E-state index is -0.254. The number of nitrogens with two attached hydrogens (primary N) is 1. The van der Waals surface area contributed by atoms with Gasteiger partial charge < -0.3 is 5.73 Å². The van der Waals surface area contributed by atoms with Gasteiger partial charge in [-0.3, -0.25) is 10.2 Å². The van der Waals surface area contributed by atoms with Crippen LogP contribution in [0.3, 0.4) is 0 Å². The van der Waals surface area contributed by atoms with Crippen molar-refractivity contribution in [2.24, 2.45) is 5.73 Å². The lowest BCUT2D eigenvalue weighted by molar-refractivity contribution is -0.118. The topological polar surface area (TPSA) is 71.2 Å². The molecule has 3 aromatic rings. The van der Waals surface area contributed by atoms with E-state index in [1.807, 2.05) is 29.6 Å². The maximum atomic E-state index is 12.3. The molecule has 0 fully saturated rings. The summed E-state index contributed by atoms with van der Waals surface area (Å²) in [7, 11) is 0. The van der Waals surface area contributed by atoms with Crippen LogP contribution in [0.25, 0.3) is 11.3 Å². The summed E-state index contributed by atoms with van der Waals surface area (Å²) in [4.78, 5) is 16.9. The number of anilines is 1. The maximum absolute atomic E-state index is 12.3. The molecule has 0 aliphatic carbocycles. The molecule has 0 unspecified atom stereocenters. The number of nitrogens with one attached hydrogen (secondary N) is 1. The number of hydrogen-bond donors (Lipinski definition) is 2. The van der Waals surface area contributed by atoms with Gasteiger partial charge in [0, 0.05) is 21.0 Å². The Morgan fingerprint density at radius 3 is 2.36 bits per heavy atom. The van der Waals surface area contributed by atoms with E-state index in [2.05, 4.69) is 10.4 Å². The zero-order chi connectivity index (χ0) is 20.1. The smallest absolute Gasteiger partial charge is 0.249 e. The van der Waals surface area contributed by atoms with Crippen molar-refractivity contribution in [2.45, 2.75) is 4.34 Å². The van der Waals surface area contributed by atoms with E-state index < -0.39 is 0 Å². The van der Waals surface area contributed by atoms with Crippen molar-refractivity contribution in [3.8, 4) is 11.3 Å². The lowest BCUT2D eigenvalue weighted by Gasteiger charge is -2.23. The molecule has 0 saturated heterocycles. The molecular weight excluding hydrogens is 455 g/mol. The van der Waals surface area contributed by atoms with Gasteiger partial charge in [-0.1, -0.05) is 47.1 Å². The van der Waals surface area contributed by atoms with Gasteiger partial charge in [0.2, 0.25) is 5.91 Å². The van der Waals surface area contributed by atoms with Crippen LogP contribution < -0.4 is 16.2 Å². The van der Waals surface area contributed by atoms with E-state index in [0.29, 0.717) is 15.7 Å². The van der Waals surface area contributed by atoms with Crippen LogP contribution >= 0.6 is 58.5 Å². The second-order valence-electron chi connectivity index (χ2n) is 5.48. The number of nitrogens with zero attached hydrogens (tertiary/aromatic N) is 2. The Morgan fingerprint density at radius 1 is 1.14 bits per heavy atom. The second kappa shape index (κ2) is 9.58. The summed E-state index contributed by atoms with van der Waals surface area (Å²) in [6.07, 6.45) is 0. The highest BCUT2D eigenvalue weighted by Crippen LogP contribution is 2.29. The summed E-state index contributed by atoms with van der Waals surface area (Å²) in [6, 6.07) is 14.3. The SMILES string of the molecule is NC(=S)N(NC(=O)CSc1nc(-c2ccc(Cl)cc2)cs1)c1ccc(Cl)cc1. The van der Waals surface area contributed by atoms with E-state index in [1.165, 1.54) is 28.1 Å². The normalized spacial score (nSPS) is 10.5. The van der Waals surface area contributed by atoms with Crippen LogP contribution in [0.4, 0.5) is 5.69 Å². The molecule has 3 N–H and O–H groups in total. The molecule has 0 atom stereocenters. The molecule has 144 valence electrons. The average Bonchev–Trinajstić information content (AvgIpc) is 3.15. The molecular formula is C18H14Cl2N4OS3. The van der Waals surface area contributed by atoms with Crippen LogP contribution in [-0.4, -0.2) is 21.8 Å². The highest BCUT2D eigenvalue weighted by Gasteiger charge is 2.14. The van der Waals surface area contributed by atoms with Crippen molar-refractivity contribution in [1.82, 2.24) is 10.4 Å². The Bertz CT molecular complexity index is 977. The lowest BCUT2D eigenvalue weighted by Crippen LogP contribution is -2.49. The Kier molecular flexibility index (Phi) is 7.14. The first kappa shape index (κ1) is 20.9. The Hall–Kier alpha value is -1.84. The molecule has 0 spiro atoms. The van der Waals surface area contributed by atoms with Gasteiger partial charge in [0.15, 0.2) is 9.45 Å². The quantitative estimate of drug-likeness (QED) is 0.312. The summed E-state index contributed by atoms with van der Waals surface area (Å²) in [5, 5.41) is 4.57. The zero-order valence-corrected chi connectivity index (χ0v) is 18.2. The van der Waals surface area contributed by atoms with Crippen molar-refractivity contribution >= 4 is 75.2 Å². The molecule has 3 rings (SSSR count). The van der Waals surface area contributed by atoms with Crippen molar-refractivity contribution < 1.29 is 4.79 Å². The van der Waals surface area contributed by atoms with Gasteiger partial charge in [0.25, 0.3) is 0 Å². The number of hydrazine groups is 1. The number of thioether (sulfide) groups is 1. The molecule has 1 aromatic heterocycles. The molecule has 28 heavy (non-hydrogen) atoms. The number of hydrogen-bond acceptors (Lipinski definition) is 5. The number of thiazole rings is 1. The predicted octanol–water partition coefficient (Wildman–Crippen LogP) is 4.99. The van der Waals surface area contributed by atoms with Crippen LogP contribution in [-0.2, 0) is 4.79 Å². The van der Waals surface area contributed by atoms with Gasteiger partial charge >= 0.3 is 0 Å². The number of carbonyl (C=O) groups is 1. The minimum Gasteiger partial charge on any atom is -0.374 e. The van der Waals surface area contributed by atoms with Crippen LogP contribution in [0.15, 0.2) is 58.3 Å². The third-order valence-corrected chi connectivity index (χ3v) is 6.20. The Balaban J connectivity index is 1.59. The predicted molar refractivity (Wildman–Crippen MR) is 122 cm³/mol. The van der Waals surface area contributed by atoms with Gasteiger partial charge in [-0.15, -0.1) is 11.3 Å². The summed E-state index contributed by atoms with van der Waals surface area (Å²) in [6.45, 7) is 0. The number of amides is 1. The molecule has 1 heterocycles. The highest BCUT2D eigenvalue weighted by atomic mass is 35.5. The van der Waals surface area contributed by atoms with Crippen LogP contribution in [0.5, 0.6) is 0 Å². The lowest BCUT2D eigenvalue weighted by atomic mass is 10.2. The molecule has 0 aliphatic rings. The number of aromatic nitrogens is 1. The summed E-state index contributed by atoms with van der Waals surface area (Å²) >= 11 is 19.6. The van der Waals surface area contributed by atoms with Crippen LogP contribution in [0, 0.1) is 0 Å². The zero-order valence-electron chi connectivity index (χ0n) is 14.3. The van der Waals surface area contributed by atoms with Crippen LogP contribution in [0.1, 0.15) is 0 Å². The molecule has 0 radical (unpaired) electrons. The molecule has 2 aromatic carbocycles. The third kappa shape index (κ3) is 5.59. The fourth-order valence-electron chi connectivity index (χ4n) is 2.20. The standard InChI is InChI=1S/C18H14Cl2N4OS3/c19-12-3-1-11(2-4-12)15-9-27-18(22-15)28-10-16(25)23-24(17(21)26)14-7-5-13(20)6-8-14/h1-9H,10H2,(H2,21,26)(H,23,25). The van der Waals surface area contributed by atoms with Crippen molar-refractivity contribution in [1.29, 1.82) is 0 Å². The average molecular weight is 469 g/mol. The number of thiocarbonyl (C=S) groups is 1. The van der Waals surface area contributed by atoms with Gasteiger partial charge in [-0.05, 0) is 48.6 Å². The summed E-state index contributed by atoms with van der Waals surface area (Å²) in [5.74, 6) is -0.0868.